The van der Waals surface area contributed by atoms with Gasteiger partial charge >= 0.3 is 0 Å². The highest BCUT2D eigenvalue weighted by Crippen LogP contribution is 2.39. The maximum absolute atomic E-state index is 12.4. The van der Waals surface area contributed by atoms with Crippen LogP contribution in [-0.4, -0.2) is 23.9 Å². The van der Waals surface area contributed by atoms with E-state index >= 15 is 0 Å². The number of piperidine rings is 1. The molecular weight excluding hydrogens is 186 g/mol. The first kappa shape index (κ1) is 12.5. The summed E-state index contributed by atoms with van der Waals surface area (Å²) < 4.78 is 0. The summed E-state index contributed by atoms with van der Waals surface area (Å²) in [6.45, 7) is 12.5. The zero-order valence-corrected chi connectivity index (χ0v) is 10.9. The van der Waals surface area contributed by atoms with Crippen LogP contribution in [0.15, 0.2) is 0 Å². The Morgan fingerprint density at radius 1 is 0.933 bits per heavy atom. The van der Waals surface area contributed by atoms with Crippen molar-refractivity contribution in [3.63, 3.8) is 0 Å². The van der Waals surface area contributed by atoms with Gasteiger partial charge in [0.05, 0.1) is 0 Å². The van der Waals surface area contributed by atoms with Crippen LogP contribution in [-0.2, 0) is 4.79 Å². The standard InChI is InChI=1S/C13H25NO/c1-12(2,3)13(4,5)11(15)14-9-7-6-8-10-14/h6-10H2,1-5H3. The molecule has 0 aromatic carbocycles. The molecule has 1 amide bonds. The minimum Gasteiger partial charge on any atom is -0.342 e. The number of hydrogen-bond donors (Lipinski definition) is 0. The number of hydrogen-bond acceptors (Lipinski definition) is 1. The fourth-order valence-corrected chi connectivity index (χ4v) is 1.81. The van der Waals surface area contributed by atoms with Crippen LogP contribution in [0.4, 0.5) is 0 Å². The predicted molar refractivity (Wildman–Crippen MR) is 63.7 cm³/mol. The molecule has 2 heteroatoms. The van der Waals surface area contributed by atoms with E-state index in [-0.39, 0.29) is 10.8 Å². The second kappa shape index (κ2) is 4.15. The average molecular weight is 211 g/mol. The van der Waals surface area contributed by atoms with Crippen molar-refractivity contribution < 1.29 is 4.79 Å². The average Bonchev–Trinajstić information content (AvgIpc) is 2.16. The van der Waals surface area contributed by atoms with E-state index in [9.17, 15) is 4.79 Å². The Hall–Kier alpha value is -0.530. The van der Waals surface area contributed by atoms with Crippen LogP contribution in [0.5, 0.6) is 0 Å². The molecule has 0 aliphatic carbocycles. The molecule has 0 N–H and O–H groups in total. The van der Waals surface area contributed by atoms with E-state index in [1.165, 1.54) is 19.3 Å². The second-order valence-corrected chi connectivity index (χ2v) is 6.23. The molecule has 15 heavy (non-hydrogen) atoms. The topological polar surface area (TPSA) is 20.3 Å². The molecule has 88 valence electrons. The van der Waals surface area contributed by atoms with Crippen molar-refractivity contribution in [2.75, 3.05) is 13.1 Å². The quantitative estimate of drug-likeness (QED) is 0.652. The summed E-state index contributed by atoms with van der Waals surface area (Å²) in [7, 11) is 0. The van der Waals surface area contributed by atoms with Crippen LogP contribution in [0.1, 0.15) is 53.9 Å². The van der Waals surface area contributed by atoms with Crippen LogP contribution in [0.2, 0.25) is 0 Å². The van der Waals surface area contributed by atoms with Gasteiger partial charge in [0.25, 0.3) is 0 Å². The van der Waals surface area contributed by atoms with E-state index in [1.54, 1.807) is 0 Å². The van der Waals surface area contributed by atoms with E-state index in [4.69, 9.17) is 0 Å². The molecule has 1 rings (SSSR count). The molecular formula is C13H25NO. The first-order valence-electron chi connectivity index (χ1n) is 6.06. The molecule has 1 heterocycles. The maximum Gasteiger partial charge on any atom is 0.228 e. The predicted octanol–water partition coefficient (Wildman–Crippen LogP) is 3.07. The minimum atomic E-state index is -0.260. The number of nitrogens with zero attached hydrogens (tertiary/aromatic N) is 1. The van der Waals surface area contributed by atoms with Gasteiger partial charge in [0.1, 0.15) is 0 Å². The van der Waals surface area contributed by atoms with E-state index in [0.717, 1.165) is 13.1 Å². The summed E-state index contributed by atoms with van der Waals surface area (Å²) in [5.41, 5.74) is -0.230. The van der Waals surface area contributed by atoms with Crippen molar-refractivity contribution in [2.45, 2.75) is 53.9 Å². The Labute approximate surface area is 94.0 Å². The third-order valence-electron chi connectivity index (χ3n) is 4.05. The van der Waals surface area contributed by atoms with Crippen molar-refractivity contribution in [3.8, 4) is 0 Å². The Balaban J connectivity index is 2.74. The number of amides is 1. The zero-order chi connectivity index (χ0) is 11.7. The van der Waals surface area contributed by atoms with Gasteiger partial charge in [-0.2, -0.15) is 0 Å². The van der Waals surface area contributed by atoms with Crippen LogP contribution >= 0.6 is 0 Å². The van der Waals surface area contributed by atoms with Crippen molar-refractivity contribution >= 4 is 5.91 Å². The molecule has 0 radical (unpaired) electrons. The zero-order valence-electron chi connectivity index (χ0n) is 10.9. The maximum atomic E-state index is 12.4. The Morgan fingerprint density at radius 3 is 1.80 bits per heavy atom. The van der Waals surface area contributed by atoms with Gasteiger partial charge in [-0.15, -0.1) is 0 Å². The Kier molecular flexibility index (Phi) is 3.47. The van der Waals surface area contributed by atoms with Gasteiger partial charge in [-0.25, -0.2) is 0 Å². The SMILES string of the molecule is CC(C)(C)C(C)(C)C(=O)N1CCCCC1. The lowest BCUT2D eigenvalue weighted by atomic mass is 9.68. The molecule has 1 aliphatic rings. The molecule has 1 aliphatic heterocycles. The lowest BCUT2D eigenvalue weighted by Gasteiger charge is -2.42. The summed E-state index contributed by atoms with van der Waals surface area (Å²) in [5.74, 6) is 0.328. The first-order valence-corrected chi connectivity index (χ1v) is 6.06. The largest absolute Gasteiger partial charge is 0.342 e. The van der Waals surface area contributed by atoms with Gasteiger partial charge in [0.15, 0.2) is 0 Å². The normalized spacial score (nSPS) is 19.1. The van der Waals surface area contributed by atoms with E-state index in [0.29, 0.717) is 5.91 Å². The fraction of sp³-hybridized carbons (Fsp3) is 0.923. The summed E-state index contributed by atoms with van der Waals surface area (Å²) in [6.07, 6.45) is 3.62. The Bertz CT molecular complexity index is 231. The summed E-state index contributed by atoms with van der Waals surface area (Å²) in [5, 5.41) is 0. The van der Waals surface area contributed by atoms with E-state index < -0.39 is 0 Å². The highest BCUT2D eigenvalue weighted by atomic mass is 16.2. The van der Waals surface area contributed by atoms with Gasteiger partial charge in [0, 0.05) is 18.5 Å². The molecule has 1 fully saturated rings. The van der Waals surface area contributed by atoms with Crippen LogP contribution < -0.4 is 0 Å². The summed E-state index contributed by atoms with van der Waals surface area (Å²) >= 11 is 0. The minimum absolute atomic E-state index is 0.0293. The second-order valence-electron chi connectivity index (χ2n) is 6.23. The third kappa shape index (κ3) is 2.53. The van der Waals surface area contributed by atoms with Gasteiger partial charge in [-0.3, -0.25) is 4.79 Å². The highest BCUT2D eigenvalue weighted by Gasteiger charge is 2.42. The molecule has 0 atom stereocenters. The molecule has 0 bridgehead atoms. The van der Waals surface area contributed by atoms with Crippen LogP contribution in [0.25, 0.3) is 0 Å². The van der Waals surface area contributed by atoms with E-state index in [1.807, 2.05) is 0 Å². The monoisotopic (exact) mass is 211 g/mol. The number of carbonyl (C=O) groups excluding carboxylic acids is 1. The smallest absolute Gasteiger partial charge is 0.228 e. The lowest BCUT2D eigenvalue weighted by molar-refractivity contribution is -0.147. The lowest BCUT2D eigenvalue weighted by Crippen LogP contribution is -2.49. The molecule has 0 unspecified atom stereocenters. The molecule has 2 nitrogen and oxygen atoms in total. The molecule has 1 saturated heterocycles. The van der Waals surface area contributed by atoms with Crippen molar-refractivity contribution in [1.82, 2.24) is 4.90 Å². The number of likely N-dealkylation sites (tertiary alicyclic amines) is 1. The summed E-state index contributed by atoms with van der Waals surface area (Å²) in [4.78, 5) is 14.4. The van der Waals surface area contributed by atoms with Gasteiger partial charge in [-0.1, -0.05) is 34.6 Å². The van der Waals surface area contributed by atoms with Crippen molar-refractivity contribution in [2.24, 2.45) is 10.8 Å². The van der Waals surface area contributed by atoms with Crippen molar-refractivity contribution in [3.05, 3.63) is 0 Å². The summed E-state index contributed by atoms with van der Waals surface area (Å²) in [6, 6.07) is 0. The molecule has 0 aromatic rings. The number of rotatable bonds is 1. The van der Waals surface area contributed by atoms with Gasteiger partial charge < -0.3 is 4.90 Å². The van der Waals surface area contributed by atoms with Crippen molar-refractivity contribution in [1.29, 1.82) is 0 Å². The fourth-order valence-electron chi connectivity index (χ4n) is 1.81. The van der Waals surface area contributed by atoms with E-state index in [2.05, 4.69) is 39.5 Å². The van der Waals surface area contributed by atoms with Gasteiger partial charge in [-0.05, 0) is 24.7 Å². The van der Waals surface area contributed by atoms with Crippen LogP contribution in [0.3, 0.4) is 0 Å². The Morgan fingerprint density at radius 2 is 1.40 bits per heavy atom. The number of carbonyl (C=O) groups is 1. The highest BCUT2D eigenvalue weighted by molar-refractivity contribution is 5.82. The van der Waals surface area contributed by atoms with Crippen LogP contribution in [0, 0.1) is 10.8 Å². The first-order chi connectivity index (χ1) is 6.77. The molecule has 0 saturated carbocycles. The van der Waals surface area contributed by atoms with Gasteiger partial charge in [0.2, 0.25) is 5.91 Å². The third-order valence-corrected chi connectivity index (χ3v) is 4.05. The molecule has 0 aromatic heterocycles. The molecule has 0 spiro atoms.